The molecule has 6 heteroatoms. The van der Waals surface area contributed by atoms with Gasteiger partial charge >= 0.3 is 0 Å². The summed E-state index contributed by atoms with van der Waals surface area (Å²) in [5.74, 6) is -0.399. The molecule has 1 aromatic carbocycles. The number of nitrogens with two attached hydrogens (primary N) is 1. The molecule has 1 aromatic heterocycles. The van der Waals surface area contributed by atoms with E-state index in [4.69, 9.17) is 17.3 Å². The number of halogens is 2. The molecular formula is C13H16ClFN4. The van der Waals surface area contributed by atoms with Gasteiger partial charge in [0, 0.05) is 11.8 Å². The topological polar surface area (TPSA) is 56.7 Å². The van der Waals surface area contributed by atoms with E-state index >= 15 is 0 Å². The lowest BCUT2D eigenvalue weighted by atomic mass is 10.2. The quantitative estimate of drug-likeness (QED) is 0.828. The molecule has 0 aliphatic heterocycles. The van der Waals surface area contributed by atoms with E-state index in [0.29, 0.717) is 18.7 Å². The van der Waals surface area contributed by atoms with Crippen molar-refractivity contribution in [3.05, 3.63) is 46.5 Å². The Morgan fingerprint density at radius 2 is 2.16 bits per heavy atom. The molecule has 2 aromatic rings. The Labute approximate surface area is 116 Å². The van der Waals surface area contributed by atoms with E-state index in [1.54, 1.807) is 16.8 Å². The zero-order chi connectivity index (χ0) is 13.7. The summed E-state index contributed by atoms with van der Waals surface area (Å²) in [5.41, 5.74) is 6.84. The van der Waals surface area contributed by atoms with Crippen molar-refractivity contribution in [3.8, 4) is 0 Å². The van der Waals surface area contributed by atoms with Gasteiger partial charge in [0.1, 0.15) is 5.82 Å². The number of hydrogen-bond donors (Lipinski definition) is 1. The first kappa shape index (κ1) is 14.0. The fourth-order valence-corrected chi connectivity index (χ4v) is 2.02. The number of hydrogen-bond acceptors (Lipinski definition) is 3. The maximum absolute atomic E-state index is 13.7. The highest BCUT2D eigenvalue weighted by atomic mass is 35.5. The molecule has 1 heterocycles. The first-order chi connectivity index (χ1) is 9.20. The van der Waals surface area contributed by atoms with Gasteiger partial charge in [-0.05, 0) is 31.9 Å². The first-order valence-electron chi connectivity index (χ1n) is 6.22. The predicted octanol–water partition coefficient (Wildman–Crippen LogP) is 2.40. The van der Waals surface area contributed by atoms with Gasteiger partial charge in [-0.1, -0.05) is 28.9 Å². The van der Waals surface area contributed by atoms with Crippen LogP contribution in [0.15, 0.2) is 24.4 Å². The van der Waals surface area contributed by atoms with Crippen LogP contribution in [0.4, 0.5) is 4.39 Å². The SMILES string of the molecule is NCCCCc1cn(Cc2cccc(Cl)c2F)nn1. The van der Waals surface area contributed by atoms with Crippen LogP contribution in [0.3, 0.4) is 0 Å². The van der Waals surface area contributed by atoms with Gasteiger partial charge in [0.15, 0.2) is 0 Å². The molecule has 0 saturated carbocycles. The molecule has 0 bridgehead atoms. The van der Waals surface area contributed by atoms with Gasteiger partial charge in [-0.15, -0.1) is 5.10 Å². The summed E-state index contributed by atoms with van der Waals surface area (Å²) in [7, 11) is 0. The van der Waals surface area contributed by atoms with E-state index in [0.717, 1.165) is 25.0 Å². The van der Waals surface area contributed by atoms with Crippen molar-refractivity contribution in [1.82, 2.24) is 15.0 Å². The van der Waals surface area contributed by atoms with Crippen LogP contribution < -0.4 is 5.73 Å². The zero-order valence-corrected chi connectivity index (χ0v) is 11.3. The molecule has 0 radical (unpaired) electrons. The normalized spacial score (nSPS) is 10.9. The lowest BCUT2D eigenvalue weighted by Crippen LogP contribution is -2.03. The minimum Gasteiger partial charge on any atom is -0.330 e. The van der Waals surface area contributed by atoms with Crippen LogP contribution >= 0.6 is 11.6 Å². The number of rotatable bonds is 6. The van der Waals surface area contributed by atoms with Crippen molar-refractivity contribution >= 4 is 11.6 Å². The van der Waals surface area contributed by atoms with E-state index in [9.17, 15) is 4.39 Å². The Balaban J connectivity index is 2.01. The van der Waals surface area contributed by atoms with Crippen LogP contribution in [-0.2, 0) is 13.0 Å². The van der Waals surface area contributed by atoms with Crippen LogP contribution in [-0.4, -0.2) is 21.5 Å². The maximum atomic E-state index is 13.7. The van der Waals surface area contributed by atoms with Gasteiger partial charge in [0.05, 0.1) is 17.3 Å². The van der Waals surface area contributed by atoms with Crippen molar-refractivity contribution < 1.29 is 4.39 Å². The molecule has 4 nitrogen and oxygen atoms in total. The lowest BCUT2D eigenvalue weighted by Gasteiger charge is -2.03. The maximum Gasteiger partial charge on any atom is 0.146 e. The van der Waals surface area contributed by atoms with Crippen molar-refractivity contribution in [2.24, 2.45) is 5.73 Å². The third kappa shape index (κ3) is 3.75. The van der Waals surface area contributed by atoms with E-state index in [1.807, 2.05) is 6.20 Å². The molecular weight excluding hydrogens is 267 g/mol. The fourth-order valence-electron chi connectivity index (χ4n) is 1.83. The smallest absolute Gasteiger partial charge is 0.146 e. The van der Waals surface area contributed by atoms with E-state index in [2.05, 4.69) is 10.3 Å². The van der Waals surface area contributed by atoms with Crippen LogP contribution in [0.25, 0.3) is 0 Å². The van der Waals surface area contributed by atoms with Gasteiger partial charge in [-0.25, -0.2) is 9.07 Å². The Morgan fingerprint density at radius 1 is 1.32 bits per heavy atom. The highest BCUT2D eigenvalue weighted by molar-refractivity contribution is 6.30. The van der Waals surface area contributed by atoms with Crippen LogP contribution in [0, 0.1) is 5.82 Å². The second-order valence-electron chi connectivity index (χ2n) is 4.37. The summed E-state index contributed by atoms with van der Waals surface area (Å²) in [6, 6.07) is 4.94. The molecule has 19 heavy (non-hydrogen) atoms. The number of unbranched alkanes of at least 4 members (excludes halogenated alkanes) is 1. The Morgan fingerprint density at radius 3 is 2.95 bits per heavy atom. The molecule has 0 spiro atoms. The van der Waals surface area contributed by atoms with Crippen molar-refractivity contribution in [2.45, 2.75) is 25.8 Å². The second-order valence-corrected chi connectivity index (χ2v) is 4.77. The first-order valence-corrected chi connectivity index (χ1v) is 6.60. The minimum absolute atomic E-state index is 0.126. The molecule has 0 fully saturated rings. The number of benzene rings is 1. The fraction of sp³-hybridized carbons (Fsp3) is 0.385. The van der Waals surface area contributed by atoms with Crippen LogP contribution in [0.5, 0.6) is 0 Å². The Kier molecular flexibility index (Phi) is 4.87. The average Bonchev–Trinajstić information content (AvgIpc) is 2.83. The van der Waals surface area contributed by atoms with Crippen molar-refractivity contribution in [1.29, 1.82) is 0 Å². The summed E-state index contributed by atoms with van der Waals surface area (Å²) < 4.78 is 15.4. The number of aryl methyl sites for hydroxylation is 1. The summed E-state index contributed by atoms with van der Waals surface area (Å²) >= 11 is 5.74. The predicted molar refractivity (Wildman–Crippen MR) is 72.5 cm³/mol. The summed E-state index contributed by atoms with van der Waals surface area (Å²) in [5, 5.41) is 8.17. The molecule has 0 aliphatic carbocycles. The van der Waals surface area contributed by atoms with Gasteiger partial charge in [-0.2, -0.15) is 0 Å². The molecule has 0 unspecified atom stereocenters. The van der Waals surface area contributed by atoms with Gasteiger partial charge in [-0.3, -0.25) is 0 Å². The molecule has 2 rings (SSSR count). The standard InChI is InChI=1S/C13H16ClFN4/c14-12-6-3-4-10(13(12)15)8-19-9-11(17-18-19)5-1-2-7-16/h3-4,6,9H,1-2,5,7-8,16H2. The molecule has 0 atom stereocenters. The number of aromatic nitrogens is 3. The van der Waals surface area contributed by atoms with Gasteiger partial charge in [0.2, 0.25) is 0 Å². The average molecular weight is 283 g/mol. The lowest BCUT2D eigenvalue weighted by molar-refractivity contribution is 0.577. The minimum atomic E-state index is -0.399. The highest BCUT2D eigenvalue weighted by Crippen LogP contribution is 2.18. The summed E-state index contributed by atoms with van der Waals surface area (Å²) in [6.45, 7) is 1.01. The third-order valence-electron chi connectivity index (χ3n) is 2.84. The molecule has 2 N–H and O–H groups in total. The largest absolute Gasteiger partial charge is 0.330 e. The second kappa shape index (κ2) is 6.63. The summed E-state index contributed by atoms with van der Waals surface area (Å²) in [6.07, 6.45) is 4.63. The van der Waals surface area contributed by atoms with Gasteiger partial charge in [0.25, 0.3) is 0 Å². The van der Waals surface area contributed by atoms with E-state index in [1.165, 1.54) is 6.07 Å². The molecule has 102 valence electrons. The van der Waals surface area contributed by atoms with Crippen LogP contribution in [0.1, 0.15) is 24.1 Å². The zero-order valence-electron chi connectivity index (χ0n) is 10.5. The van der Waals surface area contributed by atoms with Crippen molar-refractivity contribution in [3.63, 3.8) is 0 Å². The third-order valence-corrected chi connectivity index (χ3v) is 3.13. The van der Waals surface area contributed by atoms with E-state index < -0.39 is 5.82 Å². The number of nitrogens with zero attached hydrogens (tertiary/aromatic N) is 3. The molecule has 0 amide bonds. The Hall–Kier alpha value is -1.46. The van der Waals surface area contributed by atoms with E-state index in [-0.39, 0.29) is 5.02 Å². The van der Waals surface area contributed by atoms with Crippen molar-refractivity contribution in [2.75, 3.05) is 6.54 Å². The summed E-state index contributed by atoms with van der Waals surface area (Å²) in [4.78, 5) is 0. The Bertz CT molecular complexity index is 541. The monoisotopic (exact) mass is 282 g/mol. The molecule has 0 aliphatic rings. The molecule has 0 saturated heterocycles. The van der Waals surface area contributed by atoms with Gasteiger partial charge < -0.3 is 5.73 Å². The highest BCUT2D eigenvalue weighted by Gasteiger charge is 2.08. The van der Waals surface area contributed by atoms with Crippen LogP contribution in [0.2, 0.25) is 5.02 Å².